The number of allylic oxidation sites excluding steroid dienone is 2. The Labute approximate surface area is 178 Å². The molecule has 1 aliphatic carbocycles. The van der Waals surface area contributed by atoms with Gasteiger partial charge in [0.15, 0.2) is 0 Å². The number of para-hydroxylation sites is 2. The highest BCUT2D eigenvalue weighted by Gasteiger charge is 2.27. The topological polar surface area (TPSA) is 28.0 Å². The summed E-state index contributed by atoms with van der Waals surface area (Å²) in [6, 6.07) is 29.0. The normalized spacial score (nSPS) is 18.9. The maximum absolute atomic E-state index is 5.11. The van der Waals surface area contributed by atoms with Crippen LogP contribution in [-0.2, 0) is 0 Å². The van der Waals surface area contributed by atoms with Gasteiger partial charge < -0.3 is 4.90 Å². The SMILES string of the molecule is C1=C(N2CCCCC2)C(=Nc2ccccc2)c2ccccc2C1=Nc1ccccc1. The third kappa shape index (κ3) is 3.84. The molecule has 0 spiro atoms. The Morgan fingerprint density at radius 1 is 0.567 bits per heavy atom. The molecule has 2 aliphatic rings. The number of nitrogens with zero attached hydrogens (tertiary/aromatic N) is 3. The van der Waals surface area contributed by atoms with Gasteiger partial charge >= 0.3 is 0 Å². The van der Waals surface area contributed by atoms with Crippen LogP contribution < -0.4 is 0 Å². The van der Waals surface area contributed by atoms with E-state index in [1.807, 2.05) is 36.4 Å². The van der Waals surface area contributed by atoms with Gasteiger partial charge in [0.2, 0.25) is 0 Å². The monoisotopic (exact) mass is 391 g/mol. The molecule has 0 bridgehead atoms. The van der Waals surface area contributed by atoms with Gasteiger partial charge in [0.05, 0.1) is 28.5 Å². The summed E-state index contributed by atoms with van der Waals surface area (Å²) in [5.74, 6) is 0. The second-order valence-corrected chi connectivity index (χ2v) is 7.75. The van der Waals surface area contributed by atoms with Crippen molar-refractivity contribution >= 4 is 22.8 Å². The van der Waals surface area contributed by atoms with Gasteiger partial charge in [0.25, 0.3) is 0 Å². The van der Waals surface area contributed by atoms with E-state index >= 15 is 0 Å². The highest BCUT2D eigenvalue weighted by Crippen LogP contribution is 2.30. The molecule has 148 valence electrons. The zero-order valence-electron chi connectivity index (χ0n) is 17.0. The number of likely N-dealkylation sites (tertiary alicyclic amines) is 1. The van der Waals surface area contributed by atoms with E-state index in [4.69, 9.17) is 9.98 Å². The fourth-order valence-electron chi connectivity index (χ4n) is 4.19. The summed E-state index contributed by atoms with van der Waals surface area (Å²) in [4.78, 5) is 12.6. The Morgan fingerprint density at radius 3 is 1.80 bits per heavy atom. The van der Waals surface area contributed by atoms with Crippen LogP contribution in [0.2, 0.25) is 0 Å². The molecule has 1 fully saturated rings. The molecular formula is C27H25N3. The highest BCUT2D eigenvalue weighted by atomic mass is 15.2. The Balaban J connectivity index is 1.69. The van der Waals surface area contributed by atoms with Crippen molar-refractivity contribution in [2.45, 2.75) is 19.3 Å². The third-order valence-corrected chi connectivity index (χ3v) is 5.67. The molecule has 0 amide bonds. The quantitative estimate of drug-likeness (QED) is 0.514. The molecule has 3 heteroatoms. The molecule has 0 atom stereocenters. The summed E-state index contributed by atoms with van der Waals surface area (Å²) in [7, 11) is 0. The molecule has 0 unspecified atom stereocenters. The molecule has 0 radical (unpaired) electrons. The van der Waals surface area contributed by atoms with Crippen LogP contribution in [0.5, 0.6) is 0 Å². The van der Waals surface area contributed by atoms with Crippen molar-refractivity contribution in [2.75, 3.05) is 13.1 Å². The molecular weight excluding hydrogens is 366 g/mol. The van der Waals surface area contributed by atoms with Crippen molar-refractivity contribution in [3.8, 4) is 0 Å². The van der Waals surface area contributed by atoms with E-state index < -0.39 is 0 Å². The fraction of sp³-hybridized carbons (Fsp3) is 0.185. The molecule has 3 nitrogen and oxygen atoms in total. The lowest BCUT2D eigenvalue weighted by Gasteiger charge is -2.34. The molecule has 1 aliphatic heterocycles. The zero-order chi connectivity index (χ0) is 20.2. The van der Waals surface area contributed by atoms with Gasteiger partial charge in [0, 0.05) is 24.2 Å². The number of hydrogen-bond acceptors (Lipinski definition) is 3. The van der Waals surface area contributed by atoms with Crippen LogP contribution in [0.3, 0.4) is 0 Å². The maximum atomic E-state index is 5.11. The first-order valence-electron chi connectivity index (χ1n) is 10.7. The third-order valence-electron chi connectivity index (χ3n) is 5.67. The van der Waals surface area contributed by atoms with Gasteiger partial charge in [-0.3, -0.25) is 0 Å². The van der Waals surface area contributed by atoms with E-state index in [1.165, 1.54) is 25.0 Å². The van der Waals surface area contributed by atoms with Crippen molar-refractivity contribution in [3.63, 3.8) is 0 Å². The zero-order valence-corrected chi connectivity index (χ0v) is 17.0. The van der Waals surface area contributed by atoms with Crippen molar-refractivity contribution in [3.05, 3.63) is 108 Å². The molecule has 0 aromatic heterocycles. The number of piperidine rings is 1. The van der Waals surface area contributed by atoms with E-state index in [2.05, 4.69) is 59.5 Å². The van der Waals surface area contributed by atoms with Crippen LogP contribution in [0.25, 0.3) is 0 Å². The standard InChI is InChI=1S/C27H25N3/c1-4-12-21(13-5-1)28-25-20-26(30-18-10-3-11-19-30)27(24-17-9-8-16-23(24)25)29-22-14-6-2-7-15-22/h1-2,4-9,12-17,20H,3,10-11,18-19H2. The average Bonchev–Trinajstić information content (AvgIpc) is 2.82. The van der Waals surface area contributed by atoms with E-state index in [0.29, 0.717) is 0 Å². The number of fused-ring (bicyclic) bond motifs is 1. The molecule has 30 heavy (non-hydrogen) atoms. The Kier molecular flexibility index (Phi) is 5.26. The lowest BCUT2D eigenvalue weighted by atomic mass is 9.90. The lowest BCUT2D eigenvalue weighted by molar-refractivity contribution is 0.298. The molecule has 0 N–H and O–H groups in total. The van der Waals surface area contributed by atoms with E-state index in [-0.39, 0.29) is 0 Å². The first-order chi connectivity index (χ1) is 14.9. The first-order valence-corrected chi connectivity index (χ1v) is 10.7. The fourth-order valence-corrected chi connectivity index (χ4v) is 4.19. The van der Waals surface area contributed by atoms with Crippen LogP contribution >= 0.6 is 0 Å². The number of benzene rings is 3. The molecule has 3 aromatic rings. The minimum absolute atomic E-state index is 0.972. The summed E-state index contributed by atoms with van der Waals surface area (Å²) < 4.78 is 0. The van der Waals surface area contributed by atoms with Crippen molar-refractivity contribution in [2.24, 2.45) is 9.98 Å². The predicted octanol–water partition coefficient (Wildman–Crippen LogP) is 6.31. The minimum atomic E-state index is 0.972. The van der Waals surface area contributed by atoms with Gasteiger partial charge in [-0.15, -0.1) is 0 Å². The Morgan fingerprint density at radius 2 is 1.13 bits per heavy atom. The van der Waals surface area contributed by atoms with Crippen molar-refractivity contribution in [1.29, 1.82) is 0 Å². The van der Waals surface area contributed by atoms with Gasteiger partial charge in [-0.1, -0.05) is 60.7 Å². The predicted molar refractivity (Wildman–Crippen MR) is 125 cm³/mol. The summed E-state index contributed by atoms with van der Waals surface area (Å²) in [6.45, 7) is 2.14. The largest absolute Gasteiger partial charge is 0.370 e. The van der Waals surface area contributed by atoms with Crippen LogP contribution in [-0.4, -0.2) is 29.4 Å². The van der Waals surface area contributed by atoms with E-state index in [0.717, 1.165) is 47.0 Å². The van der Waals surface area contributed by atoms with Gasteiger partial charge in [-0.05, 0) is 49.6 Å². The van der Waals surface area contributed by atoms with Gasteiger partial charge in [-0.2, -0.15) is 0 Å². The van der Waals surface area contributed by atoms with Crippen LogP contribution in [0.1, 0.15) is 30.4 Å². The smallest absolute Gasteiger partial charge is 0.0950 e. The van der Waals surface area contributed by atoms with E-state index in [9.17, 15) is 0 Å². The number of rotatable bonds is 3. The van der Waals surface area contributed by atoms with E-state index in [1.54, 1.807) is 0 Å². The first kappa shape index (κ1) is 18.6. The average molecular weight is 392 g/mol. The minimum Gasteiger partial charge on any atom is -0.370 e. The summed E-state index contributed by atoms with van der Waals surface area (Å²) >= 11 is 0. The number of aliphatic imine (C=N–C) groups is 2. The van der Waals surface area contributed by atoms with Crippen LogP contribution in [0, 0.1) is 0 Å². The molecule has 5 rings (SSSR count). The Bertz CT molecular complexity index is 1110. The summed E-state index contributed by atoms with van der Waals surface area (Å²) in [5, 5.41) is 0. The van der Waals surface area contributed by atoms with Crippen molar-refractivity contribution in [1.82, 2.24) is 4.90 Å². The molecule has 1 heterocycles. The van der Waals surface area contributed by atoms with Gasteiger partial charge in [-0.25, -0.2) is 9.98 Å². The van der Waals surface area contributed by atoms with Crippen LogP contribution in [0.4, 0.5) is 11.4 Å². The molecule has 3 aromatic carbocycles. The van der Waals surface area contributed by atoms with Crippen molar-refractivity contribution < 1.29 is 0 Å². The maximum Gasteiger partial charge on any atom is 0.0950 e. The second kappa shape index (κ2) is 8.50. The molecule has 1 saturated heterocycles. The Hall–Kier alpha value is -3.46. The van der Waals surface area contributed by atoms with Crippen LogP contribution in [0.15, 0.2) is 107 Å². The molecule has 0 saturated carbocycles. The summed E-state index contributed by atoms with van der Waals surface area (Å²) in [6.07, 6.45) is 5.99. The highest BCUT2D eigenvalue weighted by molar-refractivity contribution is 6.28. The number of hydrogen-bond donors (Lipinski definition) is 0. The van der Waals surface area contributed by atoms with Gasteiger partial charge in [0.1, 0.15) is 0 Å². The second-order valence-electron chi connectivity index (χ2n) is 7.75. The lowest BCUT2D eigenvalue weighted by Crippen LogP contribution is -2.35. The summed E-state index contributed by atoms with van der Waals surface area (Å²) in [5.41, 5.74) is 7.48.